The van der Waals surface area contributed by atoms with Gasteiger partial charge < -0.3 is 13.7 Å². The van der Waals surface area contributed by atoms with Crippen LogP contribution in [-0.2, 0) is 6.54 Å². The van der Waals surface area contributed by atoms with Crippen LogP contribution in [0.25, 0.3) is 11.0 Å². The third-order valence-electron chi connectivity index (χ3n) is 4.86. The monoisotopic (exact) mass is 436 g/mol. The molecule has 138 valence electrons. The van der Waals surface area contributed by atoms with Crippen molar-refractivity contribution in [1.82, 2.24) is 9.88 Å². The van der Waals surface area contributed by atoms with E-state index in [0.29, 0.717) is 22.3 Å². The van der Waals surface area contributed by atoms with Crippen molar-refractivity contribution in [3.05, 3.63) is 98.5 Å². The molecule has 28 heavy (non-hydrogen) atoms. The van der Waals surface area contributed by atoms with Crippen LogP contribution in [0.15, 0.2) is 79.2 Å². The maximum Gasteiger partial charge on any atom is 0.291 e. The number of aromatic nitrogens is 1. The lowest BCUT2D eigenvalue weighted by atomic mass is 9.99. The fraction of sp³-hybridized carbons (Fsp3) is 0.0952. The smallest absolute Gasteiger partial charge is 0.291 e. The van der Waals surface area contributed by atoms with Gasteiger partial charge in [-0.1, -0.05) is 15.9 Å². The molecule has 3 aromatic heterocycles. The van der Waals surface area contributed by atoms with E-state index in [4.69, 9.17) is 8.83 Å². The molecule has 5 rings (SSSR count). The van der Waals surface area contributed by atoms with Crippen LogP contribution in [0.4, 0.5) is 0 Å². The molecule has 0 spiro atoms. The quantitative estimate of drug-likeness (QED) is 0.478. The minimum Gasteiger partial charge on any atom is -0.467 e. The molecule has 4 heterocycles. The van der Waals surface area contributed by atoms with Crippen molar-refractivity contribution in [1.29, 1.82) is 0 Å². The second-order valence-corrected chi connectivity index (χ2v) is 7.43. The summed E-state index contributed by atoms with van der Waals surface area (Å²) < 4.78 is 12.1. The Bertz CT molecular complexity index is 1250. The molecular weight excluding hydrogens is 424 g/mol. The van der Waals surface area contributed by atoms with Crippen LogP contribution in [0.2, 0.25) is 0 Å². The van der Waals surface area contributed by atoms with Crippen molar-refractivity contribution in [2.75, 3.05) is 0 Å². The number of benzene rings is 1. The lowest BCUT2D eigenvalue weighted by Gasteiger charge is -2.24. The van der Waals surface area contributed by atoms with Crippen molar-refractivity contribution in [2.24, 2.45) is 0 Å². The van der Waals surface area contributed by atoms with Crippen molar-refractivity contribution in [3.63, 3.8) is 0 Å². The van der Waals surface area contributed by atoms with Crippen LogP contribution < -0.4 is 5.43 Å². The lowest BCUT2D eigenvalue weighted by Crippen LogP contribution is -2.29. The van der Waals surface area contributed by atoms with Crippen LogP contribution in [-0.4, -0.2) is 15.8 Å². The SMILES string of the molecule is O=C1c2oc3ccc(Br)cc3c(=O)c2[C@@H](c2ccncc2)N1Cc1ccco1. The summed E-state index contributed by atoms with van der Waals surface area (Å²) in [4.78, 5) is 32.2. The number of rotatable bonds is 3. The number of fused-ring (bicyclic) bond motifs is 2. The van der Waals surface area contributed by atoms with Gasteiger partial charge in [0.05, 0.1) is 29.8 Å². The summed E-state index contributed by atoms with van der Waals surface area (Å²) >= 11 is 3.39. The first kappa shape index (κ1) is 16.9. The molecule has 1 aliphatic rings. The Hall–Kier alpha value is -3.19. The first-order chi connectivity index (χ1) is 13.6. The van der Waals surface area contributed by atoms with Gasteiger partial charge in [0.25, 0.3) is 5.91 Å². The summed E-state index contributed by atoms with van der Waals surface area (Å²) in [6, 6.07) is 11.8. The van der Waals surface area contributed by atoms with Crippen LogP contribution in [0, 0.1) is 0 Å². The molecule has 0 unspecified atom stereocenters. The van der Waals surface area contributed by atoms with E-state index in [-0.39, 0.29) is 23.6 Å². The fourth-order valence-corrected chi connectivity index (χ4v) is 3.98. The zero-order valence-corrected chi connectivity index (χ0v) is 16.0. The number of carbonyl (C=O) groups excluding carboxylic acids is 1. The number of halogens is 1. The van der Waals surface area contributed by atoms with E-state index in [1.54, 1.807) is 66.0 Å². The molecule has 0 N–H and O–H groups in total. The van der Waals surface area contributed by atoms with E-state index in [0.717, 1.165) is 10.0 Å². The van der Waals surface area contributed by atoms with Crippen LogP contribution in [0.3, 0.4) is 0 Å². The van der Waals surface area contributed by atoms with Gasteiger partial charge in [0.1, 0.15) is 11.3 Å². The van der Waals surface area contributed by atoms with E-state index in [2.05, 4.69) is 20.9 Å². The third kappa shape index (κ3) is 2.58. The average molecular weight is 437 g/mol. The predicted octanol–water partition coefficient (Wildman–Crippen LogP) is 4.29. The molecule has 0 fully saturated rings. The molecule has 1 aliphatic heterocycles. The summed E-state index contributed by atoms with van der Waals surface area (Å²) in [5, 5.41) is 0.430. The lowest BCUT2D eigenvalue weighted by molar-refractivity contribution is 0.0701. The summed E-state index contributed by atoms with van der Waals surface area (Å²) in [7, 11) is 0. The maximum absolute atomic E-state index is 13.4. The number of nitrogens with zero attached hydrogens (tertiary/aromatic N) is 2. The molecule has 7 heteroatoms. The number of amides is 1. The zero-order chi connectivity index (χ0) is 19.3. The van der Waals surface area contributed by atoms with E-state index in [9.17, 15) is 9.59 Å². The fourth-order valence-electron chi connectivity index (χ4n) is 3.62. The van der Waals surface area contributed by atoms with Crippen LogP contribution >= 0.6 is 15.9 Å². The van der Waals surface area contributed by atoms with E-state index in [1.807, 2.05) is 0 Å². The topological polar surface area (TPSA) is 76.6 Å². The number of carbonyl (C=O) groups is 1. The van der Waals surface area contributed by atoms with Gasteiger partial charge in [-0.2, -0.15) is 0 Å². The van der Waals surface area contributed by atoms with Gasteiger partial charge in [-0.25, -0.2) is 0 Å². The van der Waals surface area contributed by atoms with Crippen molar-refractivity contribution < 1.29 is 13.6 Å². The van der Waals surface area contributed by atoms with E-state index in [1.165, 1.54) is 0 Å². The second kappa shape index (κ2) is 6.45. The number of furan rings is 1. The number of hydrogen-bond donors (Lipinski definition) is 0. The Morgan fingerprint density at radius 3 is 2.68 bits per heavy atom. The first-order valence-corrected chi connectivity index (χ1v) is 9.42. The molecule has 1 amide bonds. The predicted molar refractivity (Wildman–Crippen MR) is 105 cm³/mol. The summed E-state index contributed by atoms with van der Waals surface area (Å²) in [5.74, 6) is 0.364. The molecule has 1 atom stereocenters. The highest BCUT2D eigenvalue weighted by Gasteiger charge is 2.43. The van der Waals surface area contributed by atoms with Gasteiger partial charge in [0.15, 0.2) is 5.43 Å². The molecule has 0 aliphatic carbocycles. The largest absolute Gasteiger partial charge is 0.467 e. The Balaban J connectivity index is 1.76. The van der Waals surface area contributed by atoms with Crippen molar-refractivity contribution >= 4 is 32.8 Å². The Morgan fingerprint density at radius 1 is 1.11 bits per heavy atom. The second-order valence-electron chi connectivity index (χ2n) is 6.51. The number of hydrogen-bond acceptors (Lipinski definition) is 5. The molecule has 0 bridgehead atoms. The highest BCUT2D eigenvalue weighted by atomic mass is 79.9. The first-order valence-electron chi connectivity index (χ1n) is 8.63. The standard InChI is InChI=1S/C21H13BrN2O4/c22-13-3-4-16-15(10-13)19(25)17-18(12-5-7-23-8-6-12)24(21(26)20(17)28-16)11-14-2-1-9-27-14/h1-10,18H,11H2/t18-/m1/s1. The maximum atomic E-state index is 13.4. The highest BCUT2D eigenvalue weighted by Crippen LogP contribution is 2.39. The molecule has 1 aromatic carbocycles. The Morgan fingerprint density at radius 2 is 1.93 bits per heavy atom. The molecule has 4 aromatic rings. The molecule has 0 saturated heterocycles. The Labute approximate surface area is 167 Å². The minimum atomic E-state index is -0.574. The average Bonchev–Trinajstić information content (AvgIpc) is 3.31. The molecule has 0 radical (unpaired) electrons. The van der Waals surface area contributed by atoms with Crippen LogP contribution in [0.5, 0.6) is 0 Å². The van der Waals surface area contributed by atoms with Gasteiger partial charge in [-0.3, -0.25) is 14.6 Å². The third-order valence-corrected chi connectivity index (χ3v) is 5.35. The van der Waals surface area contributed by atoms with Crippen LogP contribution in [0.1, 0.15) is 33.5 Å². The van der Waals surface area contributed by atoms with Gasteiger partial charge in [0, 0.05) is 16.9 Å². The minimum absolute atomic E-state index is 0.0770. The Kier molecular flexibility index (Phi) is 3.91. The highest BCUT2D eigenvalue weighted by molar-refractivity contribution is 9.10. The summed E-state index contributed by atoms with van der Waals surface area (Å²) in [5.41, 5.74) is 1.30. The van der Waals surface area contributed by atoms with E-state index >= 15 is 0 Å². The number of pyridine rings is 1. The molecule has 0 saturated carbocycles. The van der Waals surface area contributed by atoms with Gasteiger partial charge in [0.2, 0.25) is 5.76 Å². The normalized spacial score (nSPS) is 16.0. The molecular formula is C21H13BrN2O4. The zero-order valence-electron chi connectivity index (χ0n) is 14.5. The van der Waals surface area contributed by atoms with Gasteiger partial charge in [-0.05, 0) is 48.0 Å². The summed E-state index contributed by atoms with van der Waals surface area (Å²) in [6.45, 7) is 0.225. The molecule has 6 nitrogen and oxygen atoms in total. The van der Waals surface area contributed by atoms with Gasteiger partial charge in [-0.15, -0.1) is 0 Å². The van der Waals surface area contributed by atoms with Crippen molar-refractivity contribution in [3.8, 4) is 0 Å². The van der Waals surface area contributed by atoms with Gasteiger partial charge >= 0.3 is 0 Å². The van der Waals surface area contributed by atoms with E-state index < -0.39 is 6.04 Å². The summed E-state index contributed by atoms with van der Waals surface area (Å²) in [6.07, 6.45) is 4.84. The van der Waals surface area contributed by atoms with Crippen molar-refractivity contribution in [2.45, 2.75) is 12.6 Å².